The molecule has 2 rings (SSSR count). The van der Waals surface area contributed by atoms with Crippen LogP contribution in [0.5, 0.6) is 0 Å². The summed E-state index contributed by atoms with van der Waals surface area (Å²) in [6.45, 7) is 1.67. The van der Waals surface area contributed by atoms with Crippen LogP contribution in [0.3, 0.4) is 0 Å². The van der Waals surface area contributed by atoms with E-state index in [1.807, 2.05) is 7.05 Å². The molecule has 0 aliphatic heterocycles. The second-order valence-electron chi connectivity index (χ2n) is 4.53. The smallest absolute Gasteiger partial charge is 0.131 e. The highest BCUT2D eigenvalue weighted by molar-refractivity contribution is 5.77. The number of fused-ring (bicyclic) bond motifs is 1. The van der Waals surface area contributed by atoms with Crippen LogP contribution in [0.1, 0.15) is 24.5 Å². The highest BCUT2D eigenvalue weighted by Gasteiger charge is 2.36. The van der Waals surface area contributed by atoms with E-state index in [-0.39, 0.29) is 11.3 Å². The monoisotopic (exact) mass is 203 g/mol. The van der Waals surface area contributed by atoms with E-state index in [2.05, 4.69) is 29.6 Å². The Labute approximate surface area is 90.7 Å². The molecule has 1 aromatic carbocycles. The van der Waals surface area contributed by atoms with Gasteiger partial charge in [-0.15, -0.1) is 0 Å². The molecule has 0 saturated carbocycles. The van der Waals surface area contributed by atoms with Crippen LogP contribution < -0.4 is 5.32 Å². The van der Waals surface area contributed by atoms with Gasteiger partial charge in [0, 0.05) is 12.0 Å². The summed E-state index contributed by atoms with van der Waals surface area (Å²) in [6, 6.07) is 8.46. The Bertz CT molecular complexity index is 359. The average molecular weight is 203 g/mol. The second kappa shape index (κ2) is 3.78. The molecule has 0 saturated heterocycles. The van der Waals surface area contributed by atoms with Crippen molar-refractivity contribution in [3.05, 3.63) is 35.4 Å². The number of rotatable bonds is 3. The number of Topliss-reactive ketones (excluding diaryl/α,β-unsaturated/α-hetero) is 1. The number of hydrogen-bond donors (Lipinski definition) is 1. The highest BCUT2D eigenvalue weighted by Crippen LogP contribution is 2.32. The lowest BCUT2D eigenvalue weighted by Crippen LogP contribution is -2.45. The zero-order chi connectivity index (χ0) is 10.9. The summed E-state index contributed by atoms with van der Waals surface area (Å²) in [5, 5.41) is 3.33. The van der Waals surface area contributed by atoms with E-state index in [1.165, 1.54) is 11.1 Å². The topological polar surface area (TPSA) is 29.1 Å². The van der Waals surface area contributed by atoms with Crippen LogP contribution in [-0.4, -0.2) is 18.4 Å². The normalized spacial score (nSPS) is 17.5. The Balaban J connectivity index is 2.25. The minimum Gasteiger partial charge on any atom is -0.313 e. The second-order valence-corrected chi connectivity index (χ2v) is 4.53. The van der Waals surface area contributed by atoms with Gasteiger partial charge < -0.3 is 5.32 Å². The number of carbonyl (C=O) groups excluding carboxylic acids is 1. The molecule has 1 aliphatic rings. The summed E-state index contributed by atoms with van der Waals surface area (Å²) < 4.78 is 0. The van der Waals surface area contributed by atoms with Crippen molar-refractivity contribution in [3.8, 4) is 0 Å². The van der Waals surface area contributed by atoms with Crippen molar-refractivity contribution in [2.45, 2.75) is 31.7 Å². The van der Waals surface area contributed by atoms with Crippen molar-refractivity contribution < 1.29 is 4.79 Å². The van der Waals surface area contributed by atoms with Crippen LogP contribution in [0.25, 0.3) is 0 Å². The Morgan fingerprint density at radius 3 is 2.27 bits per heavy atom. The van der Waals surface area contributed by atoms with E-state index in [0.717, 1.165) is 12.8 Å². The summed E-state index contributed by atoms with van der Waals surface area (Å²) in [5.41, 5.74) is 2.73. The third kappa shape index (κ3) is 1.95. The van der Waals surface area contributed by atoms with E-state index in [0.29, 0.717) is 6.42 Å². The maximum absolute atomic E-state index is 11.3. The lowest BCUT2D eigenvalue weighted by molar-refractivity contribution is -0.118. The fourth-order valence-corrected chi connectivity index (χ4v) is 2.56. The minimum atomic E-state index is -0.0322. The largest absolute Gasteiger partial charge is 0.313 e. The average Bonchev–Trinajstić information content (AvgIpc) is 2.55. The summed E-state index contributed by atoms with van der Waals surface area (Å²) in [7, 11) is 1.95. The van der Waals surface area contributed by atoms with Gasteiger partial charge in [-0.05, 0) is 37.9 Å². The first kappa shape index (κ1) is 10.4. The summed E-state index contributed by atoms with van der Waals surface area (Å²) in [4.78, 5) is 11.3. The van der Waals surface area contributed by atoms with Gasteiger partial charge in [-0.3, -0.25) is 4.79 Å². The molecule has 0 heterocycles. The van der Waals surface area contributed by atoms with Gasteiger partial charge in [-0.25, -0.2) is 0 Å². The molecule has 80 valence electrons. The minimum absolute atomic E-state index is 0.0322. The summed E-state index contributed by atoms with van der Waals surface area (Å²) in [6.07, 6.45) is 2.57. The highest BCUT2D eigenvalue weighted by atomic mass is 16.1. The molecule has 0 spiro atoms. The van der Waals surface area contributed by atoms with E-state index < -0.39 is 0 Å². The molecule has 0 fully saturated rings. The molecule has 0 radical (unpaired) electrons. The van der Waals surface area contributed by atoms with Crippen molar-refractivity contribution in [2.75, 3.05) is 7.05 Å². The van der Waals surface area contributed by atoms with Crippen LogP contribution in [0.2, 0.25) is 0 Å². The number of nitrogens with one attached hydrogen (secondary N) is 1. The van der Waals surface area contributed by atoms with Crippen molar-refractivity contribution in [2.24, 2.45) is 0 Å². The number of carbonyl (C=O) groups is 1. The fraction of sp³-hybridized carbons (Fsp3) is 0.462. The Hall–Kier alpha value is -1.15. The number of likely N-dealkylation sites (N-methyl/N-ethyl adjacent to an activating group) is 1. The third-order valence-corrected chi connectivity index (χ3v) is 3.29. The maximum atomic E-state index is 11.3. The van der Waals surface area contributed by atoms with E-state index in [1.54, 1.807) is 6.92 Å². The van der Waals surface area contributed by atoms with Gasteiger partial charge in [-0.1, -0.05) is 24.3 Å². The van der Waals surface area contributed by atoms with Gasteiger partial charge in [-0.2, -0.15) is 0 Å². The first-order valence-electron chi connectivity index (χ1n) is 5.40. The lowest BCUT2D eigenvalue weighted by Gasteiger charge is -2.27. The molecule has 2 heteroatoms. The maximum Gasteiger partial charge on any atom is 0.131 e. The zero-order valence-electron chi connectivity index (χ0n) is 9.34. The lowest BCUT2D eigenvalue weighted by atomic mass is 9.90. The van der Waals surface area contributed by atoms with Crippen LogP contribution in [0, 0.1) is 0 Å². The molecule has 0 amide bonds. The molecular weight excluding hydrogens is 186 g/mol. The summed E-state index contributed by atoms with van der Waals surface area (Å²) >= 11 is 0. The van der Waals surface area contributed by atoms with Crippen LogP contribution in [-0.2, 0) is 17.6 Å². The third-order valence-electron chi connectivity index (χ3n) is 3.29. The molecule has 1 aliphatic carbocycles. The van der Waals surface area contributed by atoms with Crippen molar-refractivity contribution in [3.63, 3.8) is 0 Å². The number of hydrogen-bond acceptors (Lipinski definition) is 2. The summed E-state index contributed by atoms with van der Waals surface area (Å²) in [5.74, 6) is 0.261. The fourth-order valence-electron chi connectivity index (χ4n) is 2.56. The first-order chi connectivity index (χ1) is 7.15. The van der Waals surface area contributed by atoms with Gasteiger partial charge in [0.25, 0.3) is 0 Å². The van der Waals surface area contributed by atoms with Crippen LogP contribution in [0.15, 0.2) is 24.3 Å². The molecule has 0 aromatic heterocycles. The van der Waals surface area contributed by atoms with E-state index in [4.69, 9.17) is 0 Å². The van der Waals surface area contributed by atoms with Crippen LogP contribution >= 0.6 is 0 Å². The Morgan fingerprint density at radius 1 is 1.33 bits per heavy atom. The molecule has 1 N–H and O–H groups in total. The predicted octanol–water partition coefficient (Wildman–Crippen LogP) is 1.72. The molecule has 2 nitrogen and oxygen atoms in total. The molecule has 0 unspecified atom stereocenters. The molecule has 15 heavy (non-hydrogen) atoms. The quantitative estimate of drug-likeness (QED) is 0.810. The van der Waals surface area contributed by atoms with Crippen molar-refractivity contribution in [1.29, 1.82) is 0 Å². The Morgan fingerprint density at radius 2 is 1.87 bits per heavy atom. The Kier molecular flexibility index (Phi) is 2.61. The van der Waals surface area contributed by atoms with Gasteiger partial charge in [0.2, 0.25) is 0 Å². The first-order valence-corrected chi connectivity index (χ1v) is 5.40. The van der Waals surface area contributed by atoms with Crippen molar-refractivity contribution in [1.82, 2.24) is 5.32 Å². The van der Waals surface area contributed by atoms with Crippen LogP contribution in [0.4, 0.5) is 0 Å². The SMILES string of the molecule is CNC1(CC(C)=O)Cc2ccccc2C1. The van der Waals surface area contributed by atoms with Crippen molar-refractivity contribution >= 4 is 5.78 Å². The van der Waals surface area contributed by atoms with E-state index in [9.17, 15) is 4.79 Å². The molecular formula is C13H17NO. The number of ketones is 1. The van der Waals surface area contributed by atoms with Gasteiger partial charge >= 0.3 is 0 Å². The molecule has 0 atom stereocenters. The zero-order valence-corrected chi connectivity index (χ0v) is 9.34. The van der Waals surface area contributed by atoms with Gasteiger partial charge in [0.05, 0.1) is 0 Å². The standard InChI is InChI=1S/C13H17NO/c1-10(15)7-13(14-2)8-11-5-3-4-6-12(11)9-13/h3-6,14H,7-9H2,1-2H3. The molecule has 1 aromatic rings. The number of benzene rings is 1. The predicted molar refractivity (Wildman–Crippen MR) is 60.9 cm³/mol. The van der Waals surface area contributed by atoms with Gasteiger partial charge in [0.15, 0.2) is 0 Å². The van der Waals surface area contributed by atoms with E-state index >= 15 is 0 Å². The molecule has 0 bridgehead atoms. The van der Waals surface area contributed by atoms with Gasteiger partial charge in [0.1, 0.15) is 5.78 Å².